The maximum atomic E-state index is 15.7. The van der Waals surface area contributed by atoms with Gasteiger partial charge in [-0.2, -0.15) is 5.26 Å². The van der Waals surface area contributed by atoms with Crippen LogP contribution in [0.1, 0.15) is 88.5 Å². The molecule has 318 valence electrons. The molecule has 1 spiro atoms. The van der Waals surface area contributed by atoms with Gasteiger partial charge in [0.05, 0.1) is 27.3 Å². The van der Waals surface area contributed by atoms with Crippen LogP contribution in [0.15, 0.2) is 54.6 Å². The molecular formula is C46H50ClFN8O5. The Balaban J connectivity index is 0.730. The van der Waals surface area contributed by atoms with Crippen molar-refractivity contribution in [2.45, 2.75) is 64.0 Å². The highest BCUT2D eigenvalue weighted by Gasteiger charge is 2.46. The predicted molar refractivity (Wildman–Crippen MR) is 228 cm³/mol. The highest BCUT2D eigenvalue weighted by molar-refractivity contribution is 6.32. The van der Waals surface area contributed by atoms with Gasteiger partial charge in [0.1, 0.15) is 17.9 Å². The van der Waals surface area contributed by atoms with E-state index in [9.17, 15) is 29.2 Å². The van der Waals surface area contributed by atoms with E-state index in [2.05, 4.69) is 37.9 Å². The van der Waals surface area contributed by atoms with Gasteiger partial charge in [0.2, 0.25) is 11.8 Å². The van der Waals surface area contributed by atoms with E-state index < -0.39 is 35.5 Å². The van der Waals surface area contributed by atoms with Crippen molar-refractivity contribution in [2.24, 2.45) is 11.3 Å². The van der Waals surface area contributed by atoms with Crippen LogP contribution in [0.2, 0.25) is 5.02 Å². The number of nitrogens with zero attached hydrogens (tertiary/aromatic N) is 7. The number of rotatable bonds is 7. The van der Waals surface area contributed by atoms with Crippen molar-refractivity contribution < 1.29 is 28.4 Å². The first-order valence-corrected chi connectivity index (χ1v) is 21.9. The van der Waals surface area contributed by atoms with Gasteiger partial charge in [-0.3, -0.25) is 39.1 Å². The van der Waals surface area contributed by atoms with Crippen LogP contribution in [-0.4, -0.2) is 122 Å². The third-order valence-corrected chi connectivity index (χ3v) is 14.4. The van der Waals surface area contributed by atoms with Gasteiger partial charge in [0, 0.05) is 95.0 Å². The zero-order valence-corrected chi connectivity index (χ0v) is 35.1. The van der Waals surface area contributed by atoms with E-state index in [4.69, 9.17) is 11.6 Å². The number of anilines is 3. The molecule has 6 aliphatic heterocycles. The minimum atomic E-state index is -0.990. The van der Waals surface area contributed by atoms with Gasteiger partial charge in [0.25, 0.3) is 17.7 Å². The molecule has 61 heavy (non-hydrogen) atoms. The van der Waals surface area contributed by atoms with Crippen molar-refractivity contribution >= 4 is 58.2 Å². The standard InChI is InChI=1S/C46H50ClFN8O5/c1-29-25-46(28-55(29)34-3-2-31(26-49)38(47)23-34)12-16-53(17-13-46)33-5-7-36(39(48)24-33)43(59)54-20-18-51(19-21-54)27-30-10-14-52(15-11-30)32-4-6-35-37(22-32)45(61)56(44(35)60)40-8-9-41(57)50-42(40)58/h2-7,22-24,29-30,40H,8-21,25,27-28H2,1H3,(H,50,57,58)/t29-,40?/m0/s1. The van der Waals surface area contributed by atoms with Crippen molar-refractivity contribution in [2.75, 3.05) is 80.1 Å². The average Bonchev–Trinajstić information content (AvgIpc) is 3.71. The van der Waals surface area contributed by atoms with Gasteiger partial charge in [-0.1, -0.05) is 11.6 Å². The summed E-state index contributed by atoms with van der Waals surface area (Å²) in [5, 5.41) is 12.0. The maximum Gasteiger partial charge on any atom is 0.262 e. The Morgan fingerprint density at radius 2 is 1.51 bits per heavy atom. The van der Waals surface area contributed by atoms with E-state index in [1.165, 1.54) is 6.07 Å². The summed E-state index contributed by atoms with van der Waals surface area (Å²) < 4.78 is 15.7. The number of imide groups is 2. The zero-order chi connectivity index (χ0) is 42.6. The molecule has 5 saturated heterocycles. The van der Waals surface area contributed by atoms with Crippen molar-refractivity contribution in [3.8, 4) is 6.07 Å². The number of hydrogen-bond acceptors (Lipinski definition) is 10. The summed E-state index contributed by atoms with van der Waals surface area (Å²) in [6, 6.07) is 17.5. The van der Waals surface area contributed by atoms with E-state index in [0.29, 0.717) is 35.6 Å². The first-order chi connectivity index (χ1) is 29.4. The molecule has 0 aliphatic carbocycles. The Bertz CT molecular complexity index is 2330. The highest BCUT2D eigenvalue weighted by atomic mass is 35.5. The number of nitrogens with one attached hydrogen (secondary N) is 1. The first kappa shape index (κ1) is 40.9. The van der Waals surface area contributed by atoms with Gasteiger partial charge < -0.3 is 19.6 Å². The maximum absolute atomic E-state index is 15.7. The van der Waals surface area contributed by atoms with Crippen LogP contribution in [0.4, 0.5) is 21.5 Å². The molecule has 0 saturated carbocycles. The lowest BCUT2D eigenvalue weighted by molar-refractivity contribution is -0.136. The first-order valence-electron chi connectivity index (χ1n) is 21.5. The Hall–Kier alpha value is -5.52. The number of hydrogen-bond donors (Lipinski definition) is 1. The molecular weight excluding hydrogens is 799 g/mol. The second kappa shape index (κ2) is 16.4. The Kier molecular flexibility index (Phi) is 11.0. The molecule has 3 aromatic rings. The van der Waals surface area contributed by atoms with Crippen molar-refractivity contribution in [3.05, 3.63) is 87.7 Å². The molecule has 5 fully saturated rings. The molecule has 1 N–H and O–H groups in total. The van der Waals surface area contributed by atoms with E-state index in [1.807, 2.05) is 24.3 Å². The molecule has 9 rings (SSSR count). The highest BCUT2D eigenvalue weighted by Crippen LogP contribution is 2.46. The van der Waals surface area contributed by atoms with E-state index in [1.54, 1.807) is 29.2 Å². The van der Waals surface area contributed by atoms with E-state index >= 15 is 4.39 Å². The summed E-state index contributed by atoms with van der Waals surface area (Å²) in [7, 11) is 0. The molecule has 3 aromatic carbocycles. The molecule has 0 bridgehead atoms. The third-order valence-electron chi connectivity index (χ3n) is 14.1. The molecule has 1 unspecified atom stereocenters. The van der Waals surface area contributed by atoms with Crippen LogP contribution < -0.4 is 20.0 Å². The lowest BCUT2D eigenvalue weighted by Gasteiger charge is -2.40. The largest absolute Gasteiger partial charge is 0.371 e. The normalized spacial score (nSPS) is 23.5. The zero-order valence-electron chi connectivity index (χ0n) is 34.4. The average molecular weight is 849 g/mol. The topological polar surface area (TPSA) is 141 Å². The third kappa shape index (κ3) is 7.82. The summed E-state index contributed by atoms with van der Waals surface area (Å²) in [6.07, 6.45) is 5.13. The number of piperidine rings is 3. The monoisotopic (exact) mass is 848 g/mol. The Labute approximate surface area is 360 Å². The van der Waals surface area contributed by atoms with Crippen molar-refractivity contribution in [3.63, 3.8) is 0 Å². The number of halogens is 2. The molecule has 15 heteroatoms. The predicted octanol–water partition coefficient (Wildman–Crippen LogP) is 5.31. The number of carbonyl (C=O) groups is 5. The number of nitriles is 1. The number of benzene rings is 3. The number of amides is 5. The molecule has 6 aliphatic rings. The Morgan fingerprint density at radius 1 is 0.836 bits per heavy atom. The van der Waals surface area contributed by atoms with Crippen LogP contribution in [0.3, 0.4) is 0 Å². The van der Waals surface area contributed by atoms with Gasteiger partial charge in [-0.15, -0.1) is 0 Å². The van der Waals surface area contributed by atoms with E-state index in [-0.39, 0.29) is 40.9 Å². The summed E-state index contributed by atoms with van der Waals surface area (Å²) in [5.74, 6) is -2.33. The van der Waals surface area contributed by atoms with Crippen LogP contribution in [-0.2, 0) is 9.59 Å². The molecule has 5 amide bonds. The Morgan fingerprint density at radius 3 is 2.20 bits per heavy atom. The van der Waals surface area contributed by atoms with Crippen molar-refractivity contribution in [1.29, 1.82) is 5.26 Å². The van der Waals surface area contributed by atoms with Gasteiger partial charge >= 0.3 is 0 Å². The SMILES string of the molecule is C[C@H]1CC2(CCN(c3ccc(C(=O)N4CCN(CC5CCN(c6ccc7c(c6)C(=O)N(C6CCC(=O)NC6=O)C7=O)CC5)CC4)c(F)c3)CC2)CN1c1ccc(C#N)c(Cl)c1. The van der Waals surface area contributed by atoms with E-state index in [0.717, 1.165) is 106 Å². The minimum absolute atomic E-state index is 0.0783. The molecule has 0 radical (unpaired) electrons. The number of carbonyl (C=O) groups excluding carboxylic acids is 5. The molecule has 2 atom stereocenters. The quantitative estimate of drug-likeness (QED) is 0.311. The number of fused-ring (bicyclic) bond motifs is 1. The second-order valence-electron chi connectivity index (χ2n) is 17.8. The van der Waals surface area contributed by atoms with Crippen LogP contribution >= 0.6 is 11.6 Å². The minimum Gasteiger partial charge on any atom is -0.371 e. The number of piperazine rings is 1. The summed E-state index contributed by atoms with van der Waals surface area (Å²) in [5.41, 5.74) is 4.01. The lowest BCUT2D eigenvalue weighted by Crippen LogP contribution is -2.54. The molecule has 13 nitrogen and oxygen atoms in total. The smallest absolute Gasteiger partial charge is 0.262 e. The fraction of sp³-hybridized carbons (Fsp3) is 0.478. The second-order valence-corrected chi connectivity index (χ2v) is 18.2. The summed E-state index contributed by atoms with van der Waals surface area (Å²) in [6.45, 7) is 9.80. The van der Waals surface area contributed by atoms with Crippen LogP contribution in [0.5, 0.6) is 0 Å². The van der Waals surface area contributed by atoms with Crippen LogP contribution in [0, 0.1) is 28.5 Å². The van der Waals surface area contributed by atoms with Crippen LogP contribution in [0.25, 0.3) is 0 Å². The van der Waals surface area contributed by atoms with Crippen molar-refractivity contribution in [1.82, 2.24) is 20.0 Å². The fourth-order valence-electron chi connectivity index (χ4n) is 10.6. The summed E-state index contributed by atoms with van der Waals surface area (Å²) in [4.78, 5) is 76.1. The molecule has 6 heterocycles. The fourth-order valence-corrected chi connectivity index (χ4v) is 10.8. The lowest BCUT2D eigenvalue weighted by atomic mass is 9.76. The van der Waals surface area contributed by atoms with Gasteiger partial charge in [-0.25, -0.2) is 4.39 Å². The summed E-state index contributed by atoms with van der Waals surface area (Å²) >= 11 is 6.36. The van der Waals surface area contributed by atoms with Gasteiger partial charge in [-0.05, 0) is 111 Å². The van der Waals surface area contributed by atoms with Gasteiger partial charge in [0.15, 0.2) is 0 Å². The molecule has 0 aromatic heterocycles.